The summed E-state index contributed by atoms with van der Waals surface area (Å²) in [5.74, 6) is 2.76. The number of anilines is 1. The first-order chi connectivity index (χ1) is 18.4. The Morgan fingerprint density at radius 1 is 1.05 bits per heavy atom. The van der Waals surface area contributed by atoms with Gasteiger partial charge in [-0.15, -0.1) is 0 Å². The number of carbonyl (C=O) groups excluding carboxylic acids is 1. The highest BCUT2D eigenvalue weighted by Crippen LogP contribution is 2.40. The summed E-state index contributed by atoms with van der Waals surface area (Å²) in [6, 6.07) is 6.85. The molecule has 1 aromatic carbocycles. The maximum Gasteiger partial charge on any atom is 0.410 e. The lowest BCUT2D eigenvalue weighted by Gasteiger charge is -2.35. The third-order valence-electron chi connectivity index (χ3n) is 8.65. The van der Waals surface area contributed by atoms with E-state index >= 15 is 0 Å². The fraction of sp³-hybridized carbons (Fsp3) is 0.600. The molecule has 1 saturated carbocycles. The molecule has 3 aliphatic rings. The molecule has 3 aromatic rings. The molecule has 9 heteroatoms. The molecular formula is C30H40N6O3. The van der Waals surface area contributed by atoms with Crippen molar-refractivity contribution in [3.8, 4) is 5.82 Å². The van der Waals surface area contributed by atoms with E-state index in [1.807, 2.05) is 56.5 Å². The van der Waals surface area contributed by atoms with Crippen molar-refractivity contribution in [2.45, 2.75) is 103 Å². The Morgan fingerprint density at radius 3 is 2.44 bits per heavy atom. The van der Waals surface area contributed by atoms with Crippen molar-refractivity contribution in [3.05, 3.63) is 41.3 Å². The summed E-state index contributed by atoms with van der Waals surface area (Å²) in [5, 5.41) is 16.3. The van der Waals surface area contributed by atoms with E-state index in [0.717, 1.165) is 61.2 Å². The zero-order chi connectivity index (χ0) is 27.7. The molecule has 2 aromatic heterocycles. The third-order valence-corrected chi connectivity index (χ3v) is 8.65. The number of hydrogen-bond acceptors (Lipinski definition) is 7. The SMILES string of the molecule is Cc1nc(N2C[C@H]3C[C@@H]2CN3C(=O)OC(C)(C)C)cc(-n2ncc3cc(C)c(C4CCC(C)(O)CC4)cc32)n1. The monoisotopic (exact) mass is 532 g/mol. The molecule has 6 rings (SSSR count). The van der Waals surface area contributed by atoms with E-state index in [0.29, 0.717) is 18.3 Å². The average molecular weight is 533 g/mol. The van der Waals surface area contributed by atoms with Crippen molar-refractivity contribution in [2.24, 2.45) is 0 Å². The molecule has 0 unspecified atom stereocenters. The number of benzene rings is 1. The van der Waals surface area contributed by atoms with Gasteiger partial charge in [0.1, 0.15) is 17.2 Å². The number of rotatable bonds is 3. The highest BCUT2D eigenvalue weighted by Gasteiger charge is 2.47. The molecule has 39 heavy (non-hydrogen) atoms. The summed E-state index contributed by atoms with van der Waals surface area (Å²) in [4.78, 5) is 26.5. The lowest BCUT2D eigenvalue weighted by molar-refractivity contribution is 0.0170. The van der Waals surface area contributed by atoms with Crippen molar-refractivity contribution in [2.75, 3.05) is 18.0 Å². The van der Waals surface area contributed by atoms with Crippen LogP contribution in [0.25, 0.3) is 16.7 Å². The summed E-state index contributed by atoms with van der Waals surface area (Å²) in [6.45, 7) is 13.1. The highest BCUT2D eigenvalue weighted by atomic mass is 16.6. The lowest BCUT2D eigenvalue weighted by Crippen LogP contribution is -2.50. The Labute approximate surface area is 230 Å². The normalized spacial score (nSPS) is 27.0. The number of carbonyl (C=O) groups is 1. The van der Waals surface area contributed by atoms with E-state index in [1.54, 1.807) is 0 Å². The molecule has 1 N–H and O–H groups in total. The molecule has 208 valence electrons. The van der Waals surface area contributed by atoms with Crippen LogP contribution in [0, 0.1) is 13.8 Å². The number of hydrogen-bond donors (Lipinski definition) is 1. The first-order valence-electron chi connectivity index (χ1n) is 14.2. The maximum atomic E-state index is 12.7. The van der Waals surface area contributed by atoms with Gasteiger partial charge in [0.05, 0.1) is 29.4 Å². The second-order valence-corrected chi connectivity index (χ2v) is 13.1. The standard InChI is InChI=1S/C30H40N6O3/c1-18-11-21-15-31-36(25(21)13-24(18)20-7-9-30(6,38)10-8-20)27-14-26(32-19(2)33-27)34-16-23-12-22(34)17-35(23)28(37)39-29(3,4)5/h11,13-15,20,22-23,38H,7-10,12,16-17H2,1-6H3/t20?,22-,23-,30?/m1/s1. The predicted octanol–water partition coefficient (Wildman–Crippen LogP) is 5.04. The van der Waals surface area contributed by atoms with Crippen molar-refractivity contribution < 1.29 is 14.6 Å². The molecule has 1 aliphatic carbocycles. The number of aryl methyl sites for hydroxylation is 2. The van der Waals surface area contributed by atoms with E-state index in [2.05, 4.69) is 24.0 Å². The second kappa shape index (κ2) is 9.18. The van der Waals surface area contributed by atoms with Crippen LogP contribution >= 0.6 is 0 Å². The second-order valence-electron chi connectivity index (χ2n) is 13.1. The van der Waals surface area contributed by atoms with Crippen molar-refractivity contribution >= 4 is 22.8 Å². The Bertz CT molecular complexity index is 1410. The van der Waals surface area contributed by atoms with Crippen molar-refractivity contribution in [3.63, 3.8) is 0 Å². The Morgan fingerprint density at radius 2 is 1.77 bits per heavy atom. The first kappa shape index (κ1) is 26.0. The van der Waals surface area contributed by atoms with Gasteiger partial charge in [0.15, 0.2) is 5.82 Å². The zero-order valence-electron chi connectivity index (χ0n) is 23.9. The molecular weight excluding hydrogens is 492 g/mol. The summed E-state index contributed by atoms with van der Waals surface area (Å²) < 4.78 is 7.56. The molecule has 2 bridgehead atoms. The smallest absolute Gasteiger partial charge is 0.410 e. The van der Waals surface area contributed by atoms with Gasteiger partial charge in [0, 0.05) is 24.5 Å². The maximum absolute atomic E-state index is 12.7. The van der Waals surface area contributed by atoms with Crippen LogP contribution in [0.5, 0.6) is 0 Å². The predicted molar refractivity (Wildman–Crippen MR) is 150 cm³/mol. The number of amides is 1. The average Bonchev–Trinajstić information content (AvgIpc) is 3.56. The fourth-order valence-corrected chi connectivity index (χ4v) is 6.66. The van der Waals surface area contributed by atoms with Gasteiger partial charge < -0.3 is 19.6 Å². The topological polar surface area (TPSA) is 96.6 Å². The first-order valence-corrected chi connectivity index (χ1v) is 14.2. The van der Waals surface area contributed by atoms with Gasteiger partial charge in [-0.3, -0.25) is 0 Å². The number of nitrogens with zero attached hydrogens (tertiary/aromatic N) is 6. The number of likely N-dealkylation sites (tertiary alicyclic amines) is 1. The van der Waals surface area contributed by atoms with Crippen LogP contribution < -0.4 is 4.90 Å². The molecule has 2 saturated heterocycles. The van der Waals surface area contributed by atoms with Gasteiger partial charge in [0.25, 0.3) is 0 Å². The number of piperazine rings is 1. The van der Waals surface area contributed by atoms with Crippen molar-refractivity contribution in [1.82, 2.24) is 24.6 Å². The van der Waals surface area contributed by atoms with Gasteiger partial charge in [-0.1, -0.05) is 0 Å². The van der Waals surface area contributed by atoms with Crippen LogP contribution in [0.4, 0.5) is 10.6 Å². The quantitative estimate of drug-likeness (QED) is 0.505. The fourth-order valence-electron chi connectivity index (χ4n) is 6.66. The van der Waals surface area contributed by atoms with Crippen LogP contribution in [-0.4, -0.2) is 72.2 Å². The summed E-state index contributed by atoms with van der Waals surface area (Å²) in [5.41, 5.74) is 2.60. The van der Waals surface area contributed by atoms with Gasteiger partial charge >= 0.3 is 6.09 Å². The molecule has 3 fully saturated rings. The summed E-state index contributed by atoms with van der Waals surface area (Å²) in [6.07, 6.45) is 6.22. The van der Waals surface area contributed by atoms with Crippen LogP contribution in [-0.2, 0) is 4.74 Å². The van der Waals surface area contributed by atoms with Crippen LogP contribution in [0.15, 0.2) is 24.4 Å². The molecule has 9 nitrogen and oxygen atoms in total. The molecule has 4 heterocycles. The van der Waals surface area contributed by atoms with Gasteiger partial charge in [0.2, 0.25) is 0 Å². The molecule has 1 amide bonds. The number of fused-ring (bicyclic) bond motifs is 3. The van der Waals surface area contributed by atoms with Gasteiger partial charge in [-0.2, -0.15) is 5.10 Å². The van der Waals surface area contributed by atoms with Gasteiger partial charge in [-0.25, -0.2) is 19.4 Å². The molecule has 2 atom stereocenters. The molecule has 2 aliphatic heterocycles. The third kappa shape index (κ3) is 4.97. The van der Waals surface area contributed by atoms with Crippen LogP contribution in [0.1, 0.15) is 82.7 Å². The van der Waals surface area contributed by atoms with E-state index in [9.17, 15) is 9.90 Å². The zero-order valence-corrected chi connectivity index (χ0v) is 23.9. The number of aromatic nitrogens is 4. The molecule has 0 spiro atoms. The largest absolute Gasteiger partial charge is 0.444 e. The Balaban J connectivity index is 1.27. The highest BCUT2D eigenvalue weighted by molar-refractivity contribution is 5.82. The minimum atomic E-state index is -0.551. The number of ether oxygens (including phenoxy) is 1. The van der Waals surface area contributed by atoms with E-state index in [1.165, 1.54) is 11.1 Å². The lowest BCUT2D eigenvalue weighted by atomic mass is 9.76. The summed E-state index contributed by atoms with van der Waals surface area (Å²) in [7, 11) is 0. The van der Waals surface area contributed by atoms with E-state index < -0.39 is 11.2 Å². The minimum Gasteiger partial charge on any atom is -0.444 e. The van der Waals surface area contributed by atoms with Crippen LogP contribution in [0.2, 0.25) is 0 Å². The van der Waals surface area contributed by atoms with Crippen molar-refractivity contribution in [1.29, 1.82) is 0 Å². The Kier molecular flexibility index (Phi) is 6.13. The van der Waals surface area contributed by atoms with Gasteiger partial charge in [-0.05, 0) is 103 Å². The van der Waals surface area contributed by atoms with E-state index in [-0.39, 0.29) is 18.2 Å². The minimum absolute atomic E-state index is 0.121. The van der Waals surface area contributed by atoms with Crippen LogP contribution in [0.3, 0.4) is 0 Å². The van der Waals surface area contributed by atoms with E-state index in [4.69, 9.17) is 19.8 Å². The number of aliphatic hydroxyl groups is 1. The molecule has 0 radical (unpaired) electrons. The Hall–Kier alpha value is -3.20. The summed E-state index contributed by atoms with van der Waals surface area (Å²) >= 11 is 0.